The zero-order chi connectivity index (χ0) is 17.1. The van der Waals surface area contributed by atoms with Crippen molar-refractivity contribution < 1.29 is 0 Å². The van der Waals surface area contributed by atoms with E-state index in [9.17, 15) is 0 Å². The van der Waals surface area contributed by atoms with Gasteiger partial charge in [-0.15, -0.1) is 0 Å². The van der Waals surface area contributed by atoms with Gasteiger partial charge >= 0.3 is 0 Å². The third-order valence-electron chi connectivity index (χ3n) is 3.86. The molecule has 120 valence electrons. The van der Waals surface area contributed by atoms with Gasteiger partial charge in [-0.05, 0) is 82.2 Å². The van der Waals surface area contributed by atoms with E-state index in [1.165, 1.54) is 3.57 Å². The third-order valence-corrected chi connectivity index (χ3v) is 4.58. The Labute approximate surface area is 160 Å². The van der Waals surface area contributed by atoms with Crippen LogP contribution in [0.4, 0.5) is 0 Å². The molecule has 0 spiro atoms. The van der Waals surface area contributed by atoms with Crippen LogP contribution in [0.2, 0.25) is 0 Å². The van der Waals surface area contributed by atoms with Crippen molar-refractivity contribution in [1.82, 2.24) is 15.0 Å². The Morgan fingerprint density at radius 2 is 1.12 bits per heavy atom. The molecule has 3 aromatic heterocycles. The van der Waals surface area contributed by atoms with Gasteiger partial charge in [0.2, 0.25) is 0 Å². The summed E-state index contributed by atoms with van der Waals surface area (Å²) in [4.78, 5) is 13.7. The van der Waals surface area contributed by atoms with Crippen LogP contribution in [0, 0.1) is 3.57 Å². The zero-order valence-corrected chi connectivity index (χ0v) is 15.5. The van der Waals surface area contributed by atoms with Gasteiger partial charge in [0.15, 0.2) is 0 Å². The summed E-state index contributed by atoms with van der Waals surface area (Å²) in [6.45, 7) is 0. The minimum absolute atomic E-state index is 0.845. The van der Waals surface area contributed by atoms with Crippen LogP contribution in [-0.2, 0) is 0 Å². The number of hydrogen-bond donors (Lipinski definition) is 0. The number of halogens is 1. The summed E-state index contributed by atoms with van der Waals surface area (Å²) >= 11 is 2.32. The first-order chi connectivity index (χ1) is 12.3. The Hall–Kier alpha value is -2.60. The third kappa shape index (κ3) is 3.58. The molecule has 1 aromatic carbocycles. The predicted molar refractivity (Wildman–Crippen MR) is 109 cm³/mol. The zero-order valence-electron chi connectivity index (χ0n) is 13.3. The number of aromatic nitrogens is 3. The molecule has 0 aliphatic heterocycles. The Balaban J connectivity index is 1.90. The van der Waals surface area contributed by atoms with Crippen LogP contribution in [-0.4, -0.2) is 15.0 Å². The van der Waals surface area contributed by atoms with Gasteiger partial charge in [-0.3, -0.25) is 9.97 Å². The molecule has 0 radical (unpaired) electrons. The first-order valence-corrected chi connectivity index (χ1v) is 8.98. The van der Waals surface area contributed by atoms with Gasteiger partial charge in [-0.1, -0.05) is 24.3 Å². The van der Waals surface area contributed by atoms with E-state index < -0.39 is 0 Å². The van der Waals surface area contributed by atoms with Crippen LogP contribution in [0.15, 0.2) is 85.2 Å². The van der Waals surface area contributed by atoms with Gasteiger partial charge in [0, 0.05) is 16.0 Å². The van der Waals surface area contributed by atoms with E-state index in [-0.39, 0.29) is 0 Å². The van der Waals surface area contributed by atoms with E-state index in [1.54, 1.807) is 12.4 Å². The average Bonchev–Trinajstić information content (AvgIpc) is 2.69. The summed E-state index contributed by atoms with van der Waals surface area (Å²) in [7, 11) is 0. The SMILES string of the molecule is Ic1ccc(-c2cc(-c3ccccn3)nc(-c3ccccn3)c2)cc1. The lowest BCUT2D eigenvalue weighted by molar-refractivity contribution is 1.22. The smallest absolute Gasteiger partial charge is 0.0900 e. The van der Waals surface area contributed by atoms with Crippen molar-refractivity contribution in [2.45, 2.75) is 0 Å². The van der Waals surface area contributed by atoms with E-state index in [0.29, 0.717) is 0 Å². The fourth-order valence-corrected chi connectivity index (χ4v) is 2.99. The first-order valence-electron chi connectivity index (χ1n) is 7.90. The molecule has 25 heavy (non-hydrogen) atoms. The van der Waals surface area contributed by atoms with Crippen LogP contribution in [0.1, 0.15) is 0 Å². The van der Waals surface area contributed by atoms with Gasteiger partial charge in [0.05, 0.1) is 22.8 Å². The summed E-state index contributed by atoms with van der Waals surface area (Å²) in [5.74, 6) is 0. The quantitative estimate of drug-likeness (QED) is 0.401. The van der Waals surface area contributed by atoms with E-state index in [0.717, 1.165) is 33.9 Å². The summed E-state index contributed by atoms with van der Waals surface area (Å²) < 4.78 is 1.21. The fourth-order valence-electron chi connectivity index (χ4n) is 2.63. The fraction of sp³-hybridized carbons (Fsp3) is 0. The number of rotatable bonds is 3. The Morgan fingerprint density at radius 1 is 0.560 bits per heavy atom. The minimum Gasteiger partial charge on any atom is -0.255 e. The first kappa shape index (κ1) is 15.9. The maximum atomic E-state index is 4.79. The standard InChI is InChI=1S/C21H14IN3/c22-17-9-7-15(8-10-17)16-13-20(18-5-1-3-11-23-18)25-21(14-16)19-6-2-4-12-24-19/h1-14H. The molecule has 3 heterocycles. The maximum absolute atomic E-state index is 4.79. The van der Waals surface area contributed by atoms with Gasteiger partial charge in [0.1, 0.15) is 0 Å². The topological polar surface area (TPSA) is 38.7 Å². The van der Waals surface area contributed by atoms with E-state index in [4.69, 9.17) is 4.98 Å². The Kier molecular flexibility index (Phi) is 4.52. The van der Waals surface area contributed by atoms with Crippen molar-refractivity contribution >= 4 is 22.6 Å². The van der Waals surface area contributed by atoms with Gasteiger partial charge in [-0.25, -0.2) is 4.98 Å². The lowest BCUT2D eigenvalue weighted by Crippen LogP contribution is -1.93. The van der Waals surface area contributed by atoms with Crippen molar-refractivity contribution in [2.75, 3.05) is 0 Å². The molecular weight excluding hydrogens is 421 g/mol. The van der Waals surface area contributed by atoms with Gasteiger partial charge in [-0.2, -0.15) is 0 Å². The summed E-state index contributed by atoms with van der Waals surface area (Å²) in [5.41, 5.74) is 5.65. The van der Waals surface area contributed by atoms with Gasteiger partial charge < -0.3 is 0 Å². The molecule has 4 aromatic rings. The van der Waals surface area contributed by atoms with Gasteiger partial charge in [0.25, 0.3) is 0 Å². The molecular formula is C21H14IN3. The number of benzene rings is 1. The van der Waals surface area contributed by atoms with Crippen LogP contribution in [0.5, 0.6) is 0 Å². The van der Waals surface area contributed by atoms with Crippen molar-refractivity contribution in [3.8, 4) is 33.9 Å². The highest BCUT2D eigenvalue weighted by molar-refractivity contribution is 14.1. The molecule has 4 heteroatoms. The normalized spacial score (nSPS) is 10.6. The molecule has 0 saturated heterocycles. The van der Waals surface area contributed by atoms with Crippen LogP contribution >= 0.6 is 22.6 Å². The second-order valence-electron chi connectivity index (χ2n) is 5.56. The maximum Gasteiger partial charge on any atom is 0.0900 e. The Bertz CT molecular complexity index is 927. The second-order valence-corrected chi connectivity index (χ2v) is 6.81. The highest BCUT2D eigenvalue weighted by Gasteiger charge is 2.10. The monoisotopic (exact) mass is 435 g/mol. The molecule has 3 nitrogen and oxygen atoms in total. The lowest BCUT2D eigenvalue weighted by atomic mass is 10.0. The van der Waals surface area contributed by atoms with Crippen molar-refractivity contribution in [1.29, 1.82) is 0 Å². The van der Waals surface area contributed by atoms with Crippen LogP contribution < -0.4 is 0 Å². The number of nitrogens with zero attached hydrogens (tertiary/aromatic N) is 3. The second kappa shape index (κ2) is 7.11. The van der Waals surface area contributed by atoms with Crippen LogP contribution in [0.3, 0.4) is 0 Å². The molecule has 0 amide bonds. The molecule has 0 bridgehead atoms. The molecule has 0 saturated carbocycles. The number of pyridine rings is 3. The summed E-state index contributed by atoms with van der Waals surface area (Å²) in [6.07, 6.45) is 3.57. The highest BCUT2D eigenvalue weighted by atomic mass is 127. The predicted octanol–water partition coefficient (Wildman–Crippen LogP) is 5.48. The van der Waals surface area contributed by atoms with E-state index in [2.05, 4.69) is 69.0 Å². The van der Waals surface area contributed by atoms with E-state index >= 15 is 0 Å². The number of hydrogen-bond acceptors (Lipinski definition) is 3. The minimum atomic E-state index is 0.845. The van der Waals surface area contributed by atoms with Crippen molar-refractivity contribution in [2.24, 2.45) is 0 Å². The molecule has 4 rings (SSSR count). The molecule has 0 N–H and O–H groups in total. The highest BCUT2D eigenvalue weighted by Crippen LogP contribution is 2.29. The lowest BCUT2D eigenvalue weighted by Gasteiger charge is -2.09. The average molecular weight is 435 g/mol. The van der Waals surface area contributed by atoms with E-state index in [1.807, 2.05) is 36.4 Å². The molecule has 0 atom stereocenters. The Morgan fingerprint density at radius 3 is 1.60 bits per heavy atom. The van der Waals surface area contributed by atoms with Crippen molar-refractivity contribution in [3.05, 3.63) is 88.8 Å². The molecule has 0 fully saturated rings. The van der Waals surface area contributed by atoms with Crippen LogP contribution in [0.25, 0.3) is 33.9 Å². The molecule has 0 unspecified atom stereocenters. The largest absolute Gasteiger partial charge is 0.255 e. The molecule has 0 aliphatic rings. The van der Waals surface area contributed by atoms with Crippen molar-refractivity contribution in [3.63, 3.8) is 0 Å². The summed E-state index contributed by atoms with van der Waals surface area (Å²) in [6, 6.07) is 24.3. The molecule has 0 aliphatic carbocycles. The summed E-state index contributed by atoms with van der Waals surface area (Å²) in [5, 5.41) is 0.